The maximum absolute atomic E-state index is 13.2. The Kier molecular flexibility index (Phi) is 4.91. The van der Waals surface area contributed by atoms with E-state index in [1.807, 2.05) is 0 Å². The van der Waals surface area contributed by atoms with Gasteiger partial charge in [0.15, 0.2) is 0 Å². The summed E-state index contributed by atoms with van der Waals surface area (Å²) in [7, 11) is 0. The molecule has 120 valence electrons. The highest BCUT2D eigenvalue weighted by molar-refractivity contribution is 5.57. The second kappa shape index (κ2) is 5.24. The predicted molar refractivity (Wildman–Crippen MR) is 48.7 cm³/mol. The van der Waals surface area contributed by atoms with Gasteiger partial charge in [-0.3, -0.25) is 0 Å². The minimum Gasteiger partial charge on any atom is -0.450 e. The zero-order chi connectivity index (χ0) is 16.6. The first kappa shape index (κ1) is 18.7. The number of hydrogen-bond donors (Lipinski definition) is 1. The van der Waals surface area contributed by atoms with E-state index in [4.69, 9.17) is 5.11 Å². The first-order valence-electron chi connectivity index (χ1n) is 4.90. The number of carboxylic acid groups (broad SMARTS) is 1. The normalized spacial score (nSPS) is 14.6. The van der Waals surface area contributed by atoms with Gasteiger partial charge < -0.3 is 9.84 Å². The van der Waals surface area contributed by atoms with E-state index in [0.717, 1.165) is 0 Å². The van der Waals surface area contributed by atoms with Crippen LogP contribution in [0, 0.1) is 0 Å². The average Bonchev–Trinajstić information content (AvgIpc) is 2.11. The van der Waals surface area contributed by atoms with E-state index < -0.39 is 42.4 Å². The lowest BCUT2D eigenvalue weighted by atomic mass is 9.93. The SMILES string of the molecule is CC(C)(CC(F)(F)C(F)(F)C(F)(F)C(F)F)OC(=O)O. The Morgan fingerprint density at radius 1 is 1.10 bits per heavy atom. The quantitative estimate of drug-likeness (QED) is 0.594. The molecule has 0 bridgehead atoms. The molecule has 0 rings (SSSR count). The van der Waals surface area contributed by atoms with Crippen LogP contribution in [0.25, 0.3) is 0 Å². The molecule has 0 aromatic carbocycles. The molecule has 0 aliphatic carbocycles. The zero-order valence-electron chi connectivity index (χ0n) is 10.1. The van der Waals surface area contributed by atoms with Crippen LogP contribution in [0.4, 0.5) is 39.9 Å². The van der Waals surface area contributed by atoms with Crippen LogP contribution in [0.1, 0.15) is 20.3 Å². The van der Waals surface area contributed by atoms with Crippen molar-refractivity contribution >= 4 is 6.16 Å². The lowest BCUT2D eigenvalue weighted by Gasteiger charge is -2.36. The van der Waals surface area contributed by atoms with Crippen molar-refractivity contribution in [3.8, 4) is 0 Å². The molecule has 0 unspecified atom stereocenters. The van der Waals surface area contributed by atoms with Gasteiger partial charge >= 0.3 is 30.3 Å². The number of carbonyl (C=O) groups is 1. The number of halogens is 8. The van der Waals surface area contributed by atoms with Gasteiger partial charge in [0, 0.05) is 0 Å². The summed E-state index contributed by atoms with van der Waals surface area (Å²) >= 11 is 0. The van der Waals surface area contributed by atoms with Gasteiger partial charge in [-0.2, -0.15) is 26.3 Å². The number of alkyl halides is 8. The Bertz CT molecular complexity index is 366. The molecule has 0 aromatic heterocycles. The fraction of sp³-hybridized carbons (Fsp3) is 0.889. The van der Waals surface area contributed by atoms with Crippen LogP contribution in [0.3, 0.4) is 0 Å². The van der Waals surface area contributed by atoms with Crippen LogP contribution in [-0.2, 0) is 4.74 Å². The Morgan fingerprint density at radius 2 is 1.50 bits per heavy atom. The van der Waals surface area contributed by atoms with Crippen molar-refractivity contribution in [2.24, 2.45) is 0 Å². The highest BCUT2D eigenvalue weighted by atomic mass is 19.4. The Labute approximate surface area is 107 Å². The van der Waals surface area contributed by atoms with Gasteiger partial charge in [0.05, 0.1) is 6.42 Å². The molecule has 11 heteroatoms. The van der Waals surface area contributed by atoms with Crippen molar-refractivity contribution in [1.82, 2.24) is 0 Å². The molecular formula is C9H10F8O3. The molecule has 3 nitrogen and oxygen atoms in total. The summed E-state index contributed by atoms with van der Waals surface area (Å²) in [5, 5.41) is 8.17. The maximum atomic E-state index is 13.2. The van der Waals surface area contributed by atoms with Crippen LogP contribution >= 0.6 is 0 Å². The summed E-state index contributed by atoms with van der Waals surface area (Å²) < 4.78 is 105. The van der Waals surface area contributed by atoms with Gasteiger partial charge in [-0.1, -0.05) is 0 Å². The predicted octanol–water partition coefficient (Wildman–Crippen LogP) is 4.02. The van der Waals surface area contributed by atoms with Gasteiger partial charge in [0.2, 0.25) is 0 Å². The van der Waals surface area contributed by atoms with E-state index in [2.05, 4.69) is 4.74 Å². The number of hydrogen-bond acceptors (Lipinski definition) is 2. The lowest BCUT2D eigenvalue weighted by Crippen LogP contribution is -2.59. The van der Waals surface area contributed by atoms with Crippen LogP contribution < -0.4 is 0 Å². The molecule has 0 aliphatic heterocycles. The molecule has 0 amide bonds. The third kappa shape index (κ3) is 3.63. The number of ether oxygens (including phenoxy) is 1. The molecule has 1 N–H and O–H groups in total. The molecular weight excluding hydrogens is 308 g/mol. The van der Waals surface area contributed by atoms with Gasteiger partial charge in [-0.25, -0.2) is 13.6 Å². The minimum atomic E-state index is -6.38. The second-order valence-electron chi connectivity index (χ2n) is 4.51. The van der Waals surface area contributed by atoms with Crippen molar-refractivity contribution in [2.45, 2.75) is 50.1 Å². The maximum Gasteiger partial charge on any atom is 0.506 e. The van der Waals surface area contributed by atoms with Crippen molar-refractivity contribution < 1.29 is 49.8 Å². The summed E-state index contributed by atoms with van der Waals surface area (Å²) in [5.74, 6) is -18.3. The average molecular weight is 318 g/mol. The highest BCUT2D eigenvalue weighted by Gasteiger charge is 2.75. The molecule has 0 saturated carbocycles. The van der Waals surface area contributed by atoms with Crippen LogP contribution in [0.5, 0.6) is 0 Å². The first-order valence-corrected chi connectivity index (χ1v) is 4.90. The largest absolute Gasteiger partial charge is 0.506 e. The van der Waals surface area contributed by atoms with Crippen LogP contribution in [0.15, 0.2) is 0 Å². The van der Waals surface area contributed by atoms with E-state index in [1.54, 1.807) is 0 Å². The summed E-state index contributed by atoms with van der Waals surface area (Å²) in [6.07, 6.45) is -9.34. The molecule has 0 fully saturated rings. The number of rotatable bonds is 6. The van der Waals surface area contributed by atoms with Crippen molar-refractivity contribution in [1.29, 1.82) is 0 Å². The molecule has 0 aromatic rings. The topological polar surface area (TPSA) is 46.5 Å². The molecule has 0 heterocycles. The van der Waals surface area contributed by atoms with Crippen molar-refractivity contribution in [2.75, 3.05) is 0 Å². The van der Waals surface area contributed by atoms with E-state index in [-0.39, 0.29) is 0 Å². The fourth-order valence-electron chi connectivity index (χ4n) is 1.30. The lowest BCUT2D eigenvalue weighted by molar-refractivity contribution is -0.345. The summed E-state index contributed by atoms with van der Waals surface area (Å²) in [6, 6.07) is 0. The summed E-state index contributed by atoms with van der Waals surface area (Å²) in [4.78, 5) is 10.1. The standard InChI is InChI=1S/C9H10F8O3/c1-6(2,20-5(18)19)3-7(12,13)9(16,17)8(14,15)4(10)11/h4H,3H2,1-2H3,(H,18,19). The summed E-state index contributed by atoms with van der Waals surface area (Å²) in [6.45, 7) is 1.21. The van der Waals surface area contributed by atoms with Crippen molar-refractivity contribution in [3.05, 3.63) is 0 Å². The monoisotopic (exact) mass is 318 g/mol. The van der Waals surface area contributed by atoms with Gasteiger partial charge in [-0.05, 0) is 13.8 Å². The zero-order valence-corrected chi connectivity index (χ0v) is 10.1. The van der Waals surface area contributed by atoms with Gasteiger partial charge in [0.1, 0.15) is 5.60 Å². The molecule has 0 aliphatic rings. The van der Waals surface area contributed by atoms with Crippen molar-refractivity contribution in [3.63, 3.8) is 0 Å². The van der Waals surface area contributed by atoms with Crippen LogP contribution in [0.2, 0.25) is 0 Å². The van der Waals surface area contributed by atoms with Gasteiger partial charge in [-0.15, -0.1) is 0 Å². The summed E-state index contributed by atoms with van der Waals surface area (Å²) in [5.41, 5.74) is -2.49. The highest BCUT2D eigenvalue weighted by Crippen LogP contribution is 2.51. The van der Waals surface area contributed by atoms with Crippen LogP contribution in [-0.4, -0.2) is 41.1 Å². The third-order valence-electron chi connectivity index (χ3n) is 2.16. The Morgan fingerprint density at radius 3 is 1.80 bits per heavy atom. The molecule has 0 atom stereocenters. The second-order valence-corrected chi connectivity index (χ2v) is 4.51. The van der Waals surface area contributed by atoms with E-state index >= 15 is 0 Å². The Balaban J connectivity index is 5.37. The Hall–Kier alpha value is -1.29. The first-order chi connectivity index (χ1) is 8.57. The third-order valence-corrected chi connectivity index (χ3v) is 2.16. The molecule has 0 spiro atoms. The molecule has 0 radical (unpaired) electrons. The van der Waals surface area contributed by atoms with E-state index in [9.17, 15) is 39.9 Å². The van der Waals surface area contributed by atoms with Gasteiger partial charge in [0.25, 0.3) is 0 Å². The molecule has 20 heavy (non-hydrogen) atoms. The molecule has 0 saturated heterocycles. The van der Waals surface area contributed by atoms with E-state index in [0.29, 0.717) is 13.8 Å². The van der Waals surface area contributed by atoms with E-state index in [1.165, 1.54) is 0 Å². The fourth-order valence-corrected chi connectivity index (χ4v) is 1.30. The smallest absolute Gasteiger partial charge is 0.450 e. The minimum absolute atomic E-state index is 0.603.